The molecule has 1 N–H and O–H groups in total. The Labute approximate surface area is 120 Å². The quantitative estimate of drug-likeness (QED) is 0.800. The van der Waals surface area contributed by atoms with Crippen LogP contribution in [0.2, 0.25) is 0 Å². The fourth-order valence-corrected chi connectivity index (χ4v) is 3.07. The Balaban J connectivity index is 2.11. The number of rotatable bonds is 3. The molecule has 0 saturated carbocycles. The number of aromatic nitrogens is 2. The number of aromatic carboxylic acids is 1. The lowest BCUT2D eigenvalue weighted by Crippen LogP contribution is -2.02. The first-order chi connectivity index (χ1) is 9.65. The second-order valence-electron chi connectivity index (χ2n) is 4.42. The zero-order valence-corrected chi connectivity index (χ0v) is 11.6. The molecule has 0 bridgehead atoms. The van der Waals surface area contributed by atoms with Crippen molar-refractivity contribution >= 4 is 23.4 Å². The maximum atomic E-state index is 11.5. The van der Waals surface area contributed by atoms with Gasteiger partial charge in [-0.3, -0.25) is 4.40 Å². The summed E-state index contributed by atoms with van der Waals surface area (Å²) in [4.78, 5) is 16.9. The van der Waals surface area contributed by atoms with Gasteiger partial charge in [0, 0.05) is 11.1 Å². The van der Waals surface area contributed by atoms with Gasteiger partial charge in [-0.2, -0.15) is 0 Å². The third kappa shape index (κ3) is 2.28. The molecule has 0 saturated heterocycles. The minimum atomic E-state index is -0.973. The average molecular weight is 284 g/mol. The van der Waals surface area contributed by atoms with Crippen molar-refractivity contribution < 1.29 is 9.90 Å². The topological polar surface area (TPSA) is 54.6 Å². The van der Waals surface area contributed by atoms with Gasteiger partial charge in [-0.15, -0.1) is 0 Å². The molecule has 0 aliphatic heterocycles. The highest BCUT2D eigenvalue weighted by Crippen LogP contribution is 2.30. The number of carboxylic acids is 1. The normalized spacial score (nSPS) is 10.8. The molecule has 0 aliphatic carbocycles. The van der Waals surface area contributed by atoms with E-state index in [1.165, 1.54) is 11.8 Å². The van der Waals surface area contributed by atoms with E-state index in [2.05, 4.69) is 4.98 Å². The summed E-state index contributed by atoms with van der Waals surface area (Å²) < 4.78 is 1.60. The minimum Gasteiger partial charge on any atom is -0.476 e. The predicted octanol–water partition coefficient (Wildman–Crippen LogP) is 3.49. The third-order valence-corrected chi connectivity index (χ3v) is 3.87. The summed E-state index contributed by atoms with van der Waals surface area (Å²) >= 11 is 1.37. The average Bonchev–Trinajstić information content (AvgIpc) is 2.76. The number of imidazole rings is 1. The van der Waals surface area contributed by atoms with Crippen LogP contribution in [0.4, 0.5) is 0 Å². The Morgan fingerprint density at radius 2 is 2.10 bits per heavy atom. The maximum absolute atomic E-state index is 11.5. The van der Waals surface area contributed by atoms with E-state index in [-0.39, 0.29) is 5.69 Å². The van der Waals surface area contributed by atoms with Crippen LogP contribution in [-0.2, 0) is 0 Å². The van der Waals surface area contributed by atoms with Gasteiger partial charge in [-0.1, -0.05) is 35.5 Å². The molecule has 0 atom stereocenters. The van der Waals surface area contributed by atoms with Crippen molar-refractivity contribution in [2.24, 2.45) is 0 Å². The van der Waals surface area contributed by atoms with Crippen molar-refractivity contribution in [3.05, 3.63) is 59.9 Å². The fourth-order valence-electron chi connectivity index (χ4n) is 2.03. The predicted molar refractivity (Wildman–Crippen MR) is 77.5 cm³/mol. The summed E-state index contributed by atoms with van der Waals surface area (Å²) in [5.41, 5.74) is 1.97. The van der Waals surface area contributed by atoms with Crippen LogP contribution in [0.5, 0.6) is 0 Å². The Hall–Kier alpha value is -2.27. The lowest BCUT2D eigenvalue weighted by atomic mass is 10.2. The van der Waals surface area contributed by atoms with Crippen LogP contribution < -0.4 is 0 Å². The lowest BCUT2D eigenvalue weighted by molar-refractivity contribution is 0.0685. The van der Waals surface area contributed by atoms with E-state index in [9.17, 15) is 9.90 Å². The number of carboxylic acid groups (broad SMARTS) is 1. The van der Waals surface area contributed by atoms with Crippen LogP contribution in [0.1, 0.15) is 16.1 Å². The highest BCUT2D eigenvalue weighted by molar-refractivity contribution is 7.99. The fraction of sp³-hybridized carbons (Fsp3) is 0.0667. The van der Waals surface area contributed by atoms with Gasteiger partial charge < -0.3 is 5.11 Å². The SMILES string of the molecule is Cc1cccc(Sc2nc3ccccn3c2C(=O)O)c1. The smallest absolute Gasteiger partial charge is 0.355 e. The molecule has 0 amide bonds. The third-order valence-electron chi connectivity index (χ3n) is 2.90. The van der Waals surface area contributed by atoms with E-state index in [1.807, 2.05) is 37.3 Å². The molecule has 3 aromatic rings. The van der Waals surface area contributed by atoms with Crippen LogP contribution in [0.15, 0.2) is 58.6 Å². The number of hydrogen-bond donors (Lipinski definition) is 1. The molecule has 2 aromatic heterocycles. The highest BCUT2D eigenvalue weighted by atomic mass is 32.2. The lowest BCUT2D eigenvalue weighted by Gasteiger charge is -2.01. The van der Waals surface area contributed by atoms with Gasteiger partial charge in [0.25, 0.3) is 0 Å². The zero-order valence-electron chi connectivity index (χ0n) is 10.8. The summed E-state index contributed by atoms with van der Waals surface area (Å²) in [5, 5.41) is 9.92. The summed E-state index contributed by atoms with van der Waals surface area (Å²) in [6, 6.07) is 13.4. The molecule has 0 fully saturated rings. The van der Waals surface area contributed by atoms with Gasteiger partial charge in [0.15, 0.2) is 5.69 Å². The zero-order chi connectivity index (χ0) is 14.1. The molecule has 0 unspecified atom stereocenters. The van der Waals surface area contributed by atoms with Crippen LogP contribution >= 0.6 is 11.8 Å². The molecule has 3 rings (SSSR count). The molecular formula is C15H12N2O2S. The Kier molecular flexibility index (Phi) is 3.20. The van der Waals surface area contributed by atoms with E-state index in [1.54, 1.807) is 22.7 Å². The molecule has 100 valence electrons. The second kappa shape index (κ2) is 5.02. The summed E-state index contributed by atoms with van der Waals surface area (Å²) in [6.45, 7) is 2.01. The van der Waals surface area contributed by atoms with Gasteiger partial charge in [0.2, 0.25) is 0 Å². The molecule has 20 heavy (non-hydrogen) atoms. The largest absolute Gasteiger partial charge is 0.476 e. The molecule has 2 heterocycles. The van der Waals surface area contributed by atoms with Crippen molar-refractivity contribution in [2.75, 3.05) is 0 Å². The monoisotopic (exact) mass is 284 g/mol. The molecule has 0 spiro atoms. The maximum Gasteiger partial charge on any atom is 0.355 e. The van der Waals surface area contributed by atoms with Crippen LogP contribution in [0, 0.1) is 6.92 Å². The molecule has 0 radical (unpaired) electrons. The Morgan fingerprint density at radius 3 is 2.85 bits per heavy atom. The van der Waals surface area contributed by atoms with E-state index >= 15 is 0 Å². The number of aryl methyl sites for hydroxylation is 1. The van der Waals surface area contributed by atoms with Gasteiger partial charge in [0.05, 0.1) is 0 Å². The van der Waals surface area contributed by atoms with Gasteiger partial charge in [-0.25, -0.2) is 9.78 Å². The van der Waals surface area contributed by atoms with E-state index < -0.39 is 5.97 Å². The number of pyridine rings is 1. The van der Waals surface area contributed by atoms with Crippen LogP contribution in [0.25, 0.3) is 5.65 Å². The summed E-state index contributed by atoms with van der Waals surface area (Å²) in [6.07, 6.45) is 1.71. The van der Waals surface area contributed by atoms with Crippen LogP contribution in [0.3, 0.4) is 0 Å². The standard InChI is InChI=1S/C15H12N2O2S/c1-10-5-4-6-11(9-10)20-14-13(15(18)19)17-8-3-2-7-12(17)16-14/h2-9H,1H3,(H,18,19). The minimum absolute atomic E-state index is 0.201. The summed E-state index contributed by atoms with van der Waals surface area (Å²) in [5.74, 6) is -0.973. The van der Waals surface area contributed by atoms with Gasteiger partial charge in [-0.05, 0) is 31.2 Å². The number of benzene rings is 1. The van der Waals surface area contributed by atoms with E-state index in [4.69, 9.17) is 0 Å². The van der Waals surface area contributed by atoms with E-state index in [0.29, 0.717) is 10.7 Å². The number of carbonyl (C=O) groups is 1. The molecule has 5 heteroatoms. The Morgan fingerprint density at radius 1 is 1.25 bits per heavy atom. The number of fused-ring (bicyclic) bond motifs is 1. The van der Waals surface area contributed by atoms with Crippen molar-refractivity contribution in [3.63, 3.8) is 0 Å². The van der Waals surface area contributed by atoms with Gasteiger partial charge in [0.1, 0.15) is 10.7 Å². The van der Waals surface area contributed by atoms with Crippen molar-refractivity contribution in [3.8, 4) is 0 Å². The molecule has 4 nitrogen and oxygen atoms in total. The highest BCUT2D eigenvalue weighted by Gasteiger charge is 2.19. The van der Waals surface area contributed by atoms with Crippen molar-refractivity contribution in [1.29, 1.82) is 0 Å². The number of hydrogen-bond acceptors (Lipinski definition) is 3. The first-order valence-corrected chi connectivity index (χ1v) is 6.92. The van der Waals surface area contributed by atoms with Crippen molar-refractivity contribution in [2.45, 2.75) is 16.8 Å². The summed E-state index contributed by atoms with van der Waals surface area (Å²) in [7, 11) is 0. The molecule has 1 aromatic carbocycles. The van der Waals surface area contributed by atoms with E-state index in [0.717, 1.165) is 10.5 Å². The molecule has 0 aliphatic rings. The number of nitrogens with zero attached hydrogens (tertiary/aromatic N) is 2. The van der Waals surface area contributed by atoms with Gasteiger partial charge >= 0.3 is 5.97 Å². The first kappa shape index (κ1) is 12.7. The second-order valence-corrected chi connectivity index (χ2v) is 5.48. The van der Waals surface area contributed by atoms with Crippen LogP contribution in [-0.4, -0.2) is 20.5 Å². The van der Waals surface area contributed by atoms with Crippen molar-refractivity contribution in [1.82, 2.24) is 9.38 Å². The Bertz CT molecular complexity index is 795. The molecular weight excluding hydrogens is 272 g/mol. The first-order valence-electron chi connectivity index (χ1n) is 6.10.